The van der Waals surface area contributed by atoms with Crippen LogP contribution in [0, 0.1) is 6.92 Å². The Bertz CT molecular complexity index is 494. The number of amides is 1. The van der Waals surface area contributed by atoms with Crippen molar-refractivity contribution in [2.75, 3.05) is 32.8 Å². The summed E-state index contributed by atoms with van der Waals surface area (Å²) in [6.07, 6.45) is 3.56. The highest BCUT2D eigenvalue weighted by Gasteiger charge is 2.32. The van der Waals surface area contributed by atoms with E-state index in [0.29, 0.717) is 17.8 Å². The maximum absolute atomic E-state index is 12.4. The first-order valence-electron chi connectivity index (χ1n) is 7.70. The summed E-state index contributed by atoms with van der Waals surface area (Å²) in [4.78, 5) is 16.8. The van der Waals surface area contributed by atoms with Crippen LogP contribution in [0.1, 0.15) is 35.8 Å². The van der Waals surface area contributed by atoms with Gasteiger partial charge in [-0.15, -0.1) is 0 Å². The van der Waals surface area contributed by atoms with Crippen LogP contribution in [-0.4, -0.2) is 65.8 Å². The van der Waals surface area contributed by atoms with Gasteiger partial charge in [0.2, 0.25) is 0 Å². The Morgan fingerprint density at radius 3 is 2.71 bits per heavy atom. The number of nitrogens with zero attached hydrogens (tertiary/aromatic N) is 3. The topological polar surface area (TPSA) is 58.8 Å². The average Bonchev–Trinajstić information content (AvgIpc) is 2.93. The lowest BCUT2D eigenvalue weighted by molar-refractivity contribution is -0.0335. The van der Waals surface area contributed by atoms with Gasteiger partial charge in [-0.1, -0.05) is 5.16 Å². The van der Waals surface area contributed by atoms with Gasteiger partial charge >= 0.3 is 0 Å². The molecule has 3 heterocycles. The van der Waals surface area contributed by atoms with Crippen LogP contribution in [0.25, 0.3) is 0 Å². The van der Waals surface area contributed by atoms with Crippen molar-refractivity contribution in [2.45, 2.75) is 38.8 Å². The van der Waals surface area contributed by atoms with Crippen molar-refractivity contribution < 1.29 is 14.1 Å². The predicted molar refractivity (Wildman–Crippen MR) is 77.2 cm³/mol. The van der Waals surface area contributed by atoms with Crippen molar-refractivity contribution in [3.63, 3.8) is 0 Å². The first-order valence-corrected chi connectivity index (χ1v) is 7.70. The zero-order valence-electron chi connectivity index (χ0n) is 12.7. The third-order valence-electron chi connectivity index (χ3n) is 4.59. The van der Waals surface area contributed by atoms with E-state index in [2.05, 4.69) is 17.0 Å². The number of hydrogen-bond donors (Lipinski definition) is 0. The molecule has 1 atom stereocenters. The lowest BCUT2D eigenvalue weighted by Crippen LogP contribution is -2.53. The number of ether oxygens (including phenoxy) is 1. The molecule has 116 valence electrons. The third-order valence-corrected chi connectivity index (χ3v) is 4.59. The second-order valence-corrected chi connectivity index (χ2v) is 6.03. The number of morpholine rings is 1. The molecule has 0 aliphatic carbocycles. The van der Waals surface area contributed by atoms with Crippen LogP contribution in [0.2, 0.25) is 0 Å². The van der Waals surface area contributed by atoms with Crippen molar-refractivity contribution in [1.29, 1.82) is 0 Å². The van der Waals surface area contributed by atoms with E-state index in [1.165, 1.54) is 6.26 Å². The monoisotopic (exact) mass is 293 g/mol. The number of aromatic nitrogens is 1. The summed E-state index contributed by atoms with van der Waals surface area (Å²) in [5.74, 6) is -0.00488. The smallest absolute Gasteiger partial charge is 0.276 e. The van der Waals surface area contributed by atoms with Gasteiger partial charge < -0.3 is 14.2 Å². The zero-order valence-corrected chi connectivity index (χ0v) is 12.7. The molecule has 6 nitrogen and oxygen atoms in total. The van der Waals surface area contributed by atoms with Crippen molar-refractivity contribution in [1.82, 2.24) is 15.0 Å². The van der Waals surface area contributed by atoms with Gasteiger partial charge in [0.1, 0.15) is 6.26 Å². The number of carbonyl (C=O) groups excluding carboxylic acids is 1. The molecule has 0 radical (unpaired) electrons. The van der Waals surface area contributed by atoms with E-state index in [1.807, 2.05) is 11.8 Å². The van der Waals surface area contributed by atoms with Crippen molar-refractivity contribution in [3.8, 4) is 0 Å². The van der Waals surface area contributed by atoms with Crippen molar-refractivity contribution >= 4 is 5.91 Å². The largest absolute Gasteiger partial charge is 0.379 e. The molecule has 2 aliphatic rings. The summed E-state index contributed by atoms with van der Waals surface area (Å²) in [5, 5.41) is 3.82. The van der Waals surface area contributed by atoms with Gasteiger partial charge in [-0.05, 0) is 26.7 Å². The normalized spacial score (nSPS) is 25.2. The fourth-order valence-electron chi connectivity index (χ4n) is 3.33. The third kappa shape index (κ3) is 2.96. The fraction of sp³-hybridized carbons (Fsp3) is 0.733. The standard InChI is InChI=1S/C15H23N3O3/c1-11-9-21-16-14(11)15(19)17-5-3-13(4-6-17)18-7-8-20-10-12(18)2/h9,12-13H,3-8,10H2,1-2H3. The van der Waals surface area contributed by atoms with Crippen LogP contribution in [-0.2, 0) is 4.74 Å². The molecule has 1 unspecified atom stereocenters. The van der Waals surface area contributed by atoms with Gasteiger partial charge in [-0.2, -0.15) is 0 Å². The number of aryl methyl sites for hydroxylation is 1. The maximum Gasteiger partial charge on any atom is 0.276 e. The first kappa shape index (κ1) is 14.5. The summed E-state index contributed by atoms with van der Waals surface area (Å²) >= 11 is 0. The highest BCUT2D eigenvalue weighted by Crippen LogP contribution is 2.22. The molecule has 3 rings (SSSR count). The van der Waals surface area contributed by atoms with E-state index in [0.717, 1.165) is 51.3 Å². The Morgan fingerprint density at radius 1 is 1.33 bits per heavy atom. The van der Waals surface area contributed by atoms with Crippen LogP contribution in [0.3, 0.4) is 0 Å². The summed E-state index contributed by atoms with van der Waals surface area (Å²) in [7, 11) is 0. The highest BCUT2D eigenvalue weighted by molar-refractivity contribution is 5.93. The number of rotatable bonds is 2. The molecule has 1 aromatic rings. The maximum atomic E-state index is 12.4. The van der Waals surface area contributed by atoms with Crippen molar-refractivity contribution in [2.24, 2.45) is 0 Å². The molecule has 0 spiro atoms. The van der Waals surface area contributed by atoms with Gasteiger partial charge in [-0.3, -0.25) is 9.69 Å². The number of likely N-dealkylation sites (tertiary alicyclic amines) is 1. The molecule has 2 saturated heterocycles. The van der Waals surface area contributed by atoms with E-state index in [9.17, 15) is 4.79 Å². The summed E-state index contributed by atoms with van der Waals surface area (Å²) in [6, 6.07) is 1.04. The second kappa shape index (κ2) is 6.15. The summed E-state index contributed by atoms with van der Waals surface area (Å²) in [6.45, 7) is 8.29. The minimum absolute atomic E-state index is 0.00488. The highest BCUT2D eigenvalue weighted by atomic mass is 16.5. The van der Waals surface area contributed by atoms with Crippen LogP contribution in [0.4, 0.5) is 0 Å². The predicted octanol–water partition coefficient (Wildman–Crippen LogP) is 1.31. The Labute approximate surface area is 125 Å². The molecule has 2 fully saturated rings. The van der Waals surface area contributed by atoms with Crippen LogP contribution in [0.5, 0.6) is 0 Å². The Hall–Kier alpha value is -1.40. The Balaban J connectivity index is 1.58. The molecular weight excluding hydrogens is 270 g/mol. The first-order chi connectivity index (χ1) is 10.2. The molecule has 1 amide bonds. The molecule has 0 bridgehead atoms. The van der Waals surface area contributed by atoms with E-state index in [-0.39, 0.29) is 5.91 Å². The Morgan fingerprint density at radius 2 is 2.10 bits per heavy atom. The van der Waals surface area contributed by atoms with Gasteiger partial charge in [0.05, 0.1) is 13.2 Å². The van der Waals surface area contributed by atoms with Crippen molar-refractivity contribution in [3.05, 3.63) is 17.5 Å². The molecule has 0 saturated carbocycles. The van der Waals surface area contributed by atoms with Gasteiger partial charge in [0.15, 0.2) is 5.69 Å². The fourth-order valence-corrected chi connectivity index (χ4v) is 3.33. The minimum Gasteiger partial charge on any atom is -0.379 e. The summed E-state index contributed by atoms with van der Waals surface area (Å²) in [5.41, 5.74) is 1.26. The molecule has 21 heavy (non-hydrogen) atoms. The minimum atomic E-state index is -0.00488. The van der Waals surface area contributed by atoms with E-state index < -0.39 is 0 Å². The quantitative estimate of drug-likeness (QED) is 0.823. The number of carbonyl (C=O) groups is 1. The molecular formula is C15H23N3O3. The van der Waals surface area contributed by atoms with Crippen LogP contribution in [0.15, 0.2) is 10.8 Å². The second-order valence-electron chi connectivity index (χ2n) is 6.03. The zero-order chi connectivity index (χ0) is 14.8. The number of hydrogen-bond acceptors (Lipinski definition) is 5. The van der Waals surface area contributed by atoms with Crippen LogP contribution < -0.4 is 0 Å². The Kier molecular flexibility index (Phi) is 4.26. The van der Waals surface area contributed by atoms with E-state index in [1.54, 1.807) is 0 Å². The molecule has 6 heteroatoms. The van der Waals surface area contributed by atoms with Gasteiger partial charge in [-0.25, -0.2) is 0 Å². The summed E-state index contributed by atoms with van der Waals surface area (Å²) < 4.78 is 10.4. The molecule has 2 aliphatic heterocycles. The lowest BCUT2D eigenvalue weighted by Gasteiger charge is -2.43. The average molecular weight is 293 g/mol. The van der Waals surface area contributed by atoms with Gasteiger partial charge in [0, 0.05) is 37.3 Å². The number of piperidine rings is 1. The van der Waals surface area contributed by atoms with Gasteiger partial charge in [0.25, 0.3) is 5.91 Å². The van der Waals surface area contributed by atoms with E-state index in [4.69, 9.17) is 9.26 Å². The SMILES string of the molecule is Cc1conc1C(=O)N1CCC(N2CCOCC2C)CC1. The lowest BCUT2D eigenvalue weighted by atomic mass is 10.0. The van der Waals surface area contributed by atoms with E-state index >= 15 is 0 Å². The molecule has 1 aromatic heterocycles. The molecule has 0 N–H and O–H groups in total. The van der Waals surface area contributed by atoms with Crippen LogP contribution >= 0.6 is 0 Å². The molecule has 0 aromatic carbocycles.